The summed E-state index contributed by atoms with van der Waals surface area (Å²) >= 11 is 0. The van der Waals surface area contributed by atoms with Crippen LogP contribution in [0.2, 0.25) is 0 Å². The Morgan fingerprint density at radius 2 is 2.04 bits per heavy atom. The first-order valence-electron chi connectivity index (χ1n) is 8.43. The zero-order valence-corrected chi connectivity index (χ0v) is 14.4. The molecule has 2 aliphatic rings. The van der Waals surface area contributed by atoms with Crippen LogP contribution in [0.5, 0.6) is 5.75 Å². The van der Waals surface area contributed by atoms with Crippen LogP contribution in [0, 0.1) is 22.0 Å². The molecule has 1 saturated heterocycles. The molecule has 7 nitrogen and oxygen atoms in total. The average molecular weight is 346 g/mol. The zero-order chi connectivity index (χ0) is 18.0. The largest absolute Gasteiger partial charge is 0.467 e. The van der Waals surface area contributed by atoms with Gasteiger partial charge in [-0.3, -0.25) is 14.9 Å². The molecule has 1 amide bonds. The monoisotopic (exact) mass is 346 g/mol. The van der Waals surface area contributed by atoms with Crippen LogP contribution < -0.4 is 4.74 Å². The number of non-ortho nitro benzene ring substituents is 1. The van der Waals surface area contributed by atoms with Crippen LogP contribution in [-0.2, 0) is 16.1 Å². The predicted molar refractivity (Wildman–Crippen MR) is 91.9 cm³/mol. The molecule has 3 rings (SSSR count). The van der Waals surface area contributed by atoms with Gasteiger partial charge in [0.15, 0.2) is 6.79 Å². The number of amides is 1. The summed E-state index contributed by atoms with van der Waals surface area (Å²) in [5, 5.41) is 11.1. The fourth-order valence-electron chi connectivity index (χ4n) is 3.57. The predicted octanol–water partition coefficient (Wildman–Crippen LogP) is 2.98. The molecule has 1 aromatic rings. The molecule has 1 aromatic carbocycles. The summed E-state index contributed by atoms with van der Waals surface area (Å²) in [6.07, 6.45) is 4.20. The van der Waals surface area contributed by atoms with Gasteiger partial charge in [-0.25, -0.2) is 0 Å². The maximum atomic E-state index is 12.5. The van der Waals surface area contributed by atoms with Crippen molar-refractivity contribution in [2.75, 3.05) is 19.9 Å². The number of ether oxygens (including phenoxy) is 2. The lowest BCUT2D eigenvalue weighted by Gasteiger charge is -2.34. The van der Waals surface area contributed by atoms with Crippen LogP contribution in [0.1, 0.15) is 31.4 Å². The molecular formula is C18H22N2O5. The third kappa shape index (κ3) is 3.99. The van der Waals surface area contributed by atoms with Crippen LogP contribution in [0.25, 0.3) is 6.08 Å². The fourth-order valence-corrected chi connectivity index (χ4v) is 3.57. The molecule has 0 bridgehead atoms. The highest BCUT2D eigenvalue weighted by atomic mass is 16.7. The molecule has 7 heteroatoms. The summed E-state index contributed by atoms with van der Waals surface area (Å²) in [6, 6.07) is 2.87. The second-order valence-electron chi connectivity index (χ2n) is 6.91. The molecule has 2 unspecified atom stereocenters. The lowest BCUT2D eigenvalue weighted by Crippen LogP contribution is -2.41. The third-order valence-corrected chi connectivity index (χ3v) is 4.52. The SMILES string of the molecule is CC1CC(C)CN(C(=O)/C=C/c2cc([N+](=O)[O-])cc3c2OCOC3)C1. The highest BCUT2D eigenvalue weighted by Gasteiger charge is 2.24. The first-order valence-corrected chi connectivity index (χ1v) is 8.43. The van der Waals surface area contributed by atoms with E-state index in [1.807, 2.05) is 4.90 Å². The van der Waals surface area contributed by atoms with Crippen LogP contribution >= 0.6 is 0 Å². The minimum Gasteiger partial charge on any atom is -0.467 e. The number of benzene rings is 1. The highest BCUT2D eigenvalue weighted by molar-refractivity contribution is 5.92. The van der Waals surface area contributed by atoms with E-state index in [9.17, 15) is 14.9 Å². The van der Waals surface area contributed by atoms with E-state index in [1.165, 1.54) is 18.2 Å². The van der Waals surface area contributed by atoms with E-state index < -0.39 is 4.92 Å². The number of nitro benzene ring substituents is 1. The summed E-state index contributed by atoms with van der Waals surface area (Å²) < 4.78 is 10.7. The van der Waals surface area contributed by atoms with Gasteiger partial charge in [0, 0.05) is 42.4 Å². The van der Waals surface area contributed by atoms with E-state index in [4.69, 9.17) is 9.47 Å². The Hall–Kier alpha value is -2.41. The van der Waals surface area contributed by atoms with Gasteiger partial charge >= 0.3 is 0 Å². The van der Waals surface area contributed by atoms with Crippen LogP contribution in [0.15, 0.2) is 18.2 Å². The fraction of sp³-hybridized carbons (Fsp3) is 0.500. The van der Waals surface area contributed by atoms with Gasteiger partial charge in [0.05, 0.1) is 11.5 Å². The van der Waals surface area contributed by atoms with Gasteiger partial charge in [-0.1, -0.05) is 13.8 Å². The molecule has 0 aromatic heterocycles. The molecule has 134 valence electrons. The smallest absolute Gasteiger partial charge is 0.270 e. The first kappa shape index (κ1) is 17.4. The van der Waals surface area contributed by atoms with Gasteiger partial charge in [-0.2, -0.15) is 0 Å². The standard InChI is InChI=1S/C18H22N2O5/c1-12-5-13(2)9-19(8-12)17(21)4-3-14-6-16(20(22)23)7-15-10-24-11-25-18(14)15/h3-4,6-7,12-13H,5,8-11H2,1-2H3/b4-3+. The number of nitrogens with zero attached hydrogens (tertiary/aromatic N) is 2. The summed E-state index contributed by atoms with van der Waals surface area (Å²) in [6.45, 7) is 6.12. The Bertz CT molecular complexity index is 706. The van der Waals surface area contributed by atoms with Crippen molar-refractivity contribution in [3.63, 3.8) is 0 Å². The maximum Gasteiger partial charge on any atom is 0.270 e. The van der Waals surface area contributed by atoms with Gasteiger partial charge in [-0.15, -0.1) is 0 Å². The number of hydrogen-bond donors (Lipinski definition) is 0. The van der Waals surface area contributed by atoms with Crippen molar-refractivity contribution in [3.05, 3.63) is 39.4 Å². The Labute approximate surface area is 146 Å². The number of hydrogen-bond acceptors (Lipinski definition) is 5. The lowest BCUT2D eigenvalue weighted by atomic mass is 9.92. The molecule has 2 heterocycles. The summed E-state index contributed by atoms with van der Waals surface area (Å²) in [4.78, 5) is 25.0. The zero-order valence-electron chi connectivity index (χ0n) is 14.4. The summed E-state index contributed by atoms with van der Waals surface area (Å²) in [5.41, 5.74) is 1.10. The molecule has 0 N–H and O–H groups in total. The Morgan fingerprint density at radius 1 is 1.32 bits per heavy atom. The molecule has 1 fully saturated rings. The van der Waals surface area contributed by atoms with Crippen LogP contribution in [-0.4, -0.2) is 35.6 Å². The Kier molecular flexibility index (Phi) is 5.03. The number of nitro groups is 1. The van der Waals surface area contributed by atoms with E-state index in [0.717, 1.165) is 19.5 Å². The van der Waals surface area contributed by atoms with E-state index in [2.05, 4.69) is 13.8 Å². The molecule has 2 atom stereocenters. The Balaban J connectivity index is 1.83. The second-order valence-corrected chi connectivity index (χ2v) is 6.91. The van der Waals surface area contributed by atoms with E-state index in [-0.39, 0.29) is 25.0 Å². The van der Waals surface area contributed by atoms with Crippen molar-refractivity contribution in [1.82, 2.24) is 4.90 Å². The number of carbonyl (C=O) groups is 1. The van der Waals surface area contributed by atoms with Gasteiger partial charge in [0.2, 0.25) is 5.91 Å². The molecule has 25 heavy (non-hydrogen) atoms. The molecule has 2 aliphatic heterocycles. The maximum absolute atomic E-state index is 12.5. The van der Waals surface area contributed by atoms with Gasteiger partial charge in [0.1, 0.15) is 5.75 Å². The molecule has 0 saturated carbocycles. The topological polar surface area (TPSA) is 81.9 Å². The third-order valence-electron chi connectivity index (χ3n) is 4.52. The van der Waals surface area contributed by atoms with E-state index in [0.29, 0.717) is 28.7 Å². The average Bonchev–Trinajstić information content (AvgIpc) is 2.58. The minimum atomic E-state index is -0.456. The lowest BCUT2D eigenvalue weighted by molar-refractivity contribution is -0.385. The Morgan fingerprint density at radius 3 is 2.72 bits per heavy atom. The number of piperidine rings is 1. The number of likely N-dealkylation sites (tertiary alicyclic amines) is 1. The number of carbonyl (C=O) groups excluding carboxylic acids is 1. The number of fused-ring (bicyclic) bond motifs is 1. The minimum absolute atomic E-state index is 0.0415. The van der Waals surface area contributed by atoms with Crippen molar-refractivity contribution in [2.24, 2.45) is 11.8 Å². The molecule has 0 radical (unpaired) electrons. The van der Waals surface area contributed by atoms with Crippen molar-refractivity contribution >= 4 is 17.7 Å². The first-order chi connectivity index (χ1) is 11.9. The highest BCUT2D eigenvalue weighted by Crippen LogP contribution is 2.33. The van der Waals surface area contributed by atoms with E-state index in [1.54, 1.807) is 6.08 Å². The molecule has 0 spiro atoms. The van der Waals surface area contributed by atoms with Crippen LogP contribution in [0.3, 0.4) is 0 Å². The van der Waals surface area contributed by atoms with Crippen molar-refractivity contribution in [3.8, 4) is 5.75 Å². The van der Waals surface area contributed by atoms with Crippen molar-refractivity contribution < 1.29 is 19.2 Å². The number of rotatable bonds is 3. The quantitative estimate of drug-likeness (QED) is 0.477. The summed E-state index contributed by atoms with van der Waals surface area (Å²) in [7, 11) is 0. The second kappa shape index (κ2) is 7.23. The molecular weight excluding hydrogens is 324 g/mol. The molecule has 0 aliphatic carbocycles. The van der Waals surface area contributed by atoms with Gasteiger partial charge in [-0.05, 0) is 24.3 Å². The summed E-state index contributed by atoms with van der Waals surface area (Å²) in [5.74, 6) is 1.42. The van der Waals surface area contributed by atoms with E-state index >= 15 is 0 Å². The van der Waals surface area contributed by atoms with Gasteiger partial charge in [0.25, 0.3) is 5.69 Å². The van der Waals surface area contributed by atoms with Crippen molar-refractivity contribution in [1.29, 1.82) is 0 Å². The van der Waals surface area contributed by atoms with Crippen molar-refractivity contribution in [2.45, 2.75) is 26.9 Å². The van der Waals surface area contributed by atoms with Crippen LogP contribution in [0.4, 0.5) is 5.69 Å². The normalized spacial score (nSPS) is 23.2. The van der Waals surface area contributed by atoms with Gasteiger partial charge < -0.3 is 14.4 Å².